The largest absolute Gasteiger partial charge is 0.497 e. The molecule has 76 valence electrons. The van der Waals surface area contributed by atoms with Gasteiger partial charge in [0, 0.05) is 0 Å². The van der Waals surface area contributed by atoms with Gasteiger partial charge in [0.05, 0.1) is 20.1 Å². The SMILES string of the molecule is COc1cc(CO)cc(CC(=O)O)c1. The molecule has 0 spiro atoms. The Morgan fingerprint density at radius 2 is 2.00 bits per heavy atom. The summed E-state index contributed by atoms with van der Waals surface area (Å²) in [6, 6.07) is 4.97. The van der Waals surface area contributed by atoms with E-state index >= 15 is 0 Å². The van der Waals surface area contributed by atoms with Gasteiger partial charge in [-0.25, -0.2) is 0 Å². The standard InChI is InChI=1S/C10H12O4/c1-14-9-3-7(5-10(12)13)2-8(4-9)6-11/h2-4,11H,5-6H2,1H3,(H,12,13). The number of benzene rings is 1. The lowest BCUT2D eigenvalue weighted by Crippen LogP contribution is -2.01. The van der Waals surface area contributed by atoms with E-state index < -0.39 is 5.97 Å². The van der Waals surface area contributed by atoms with E-state index in [1.54, 1.807) is 18.2 Å². The van der Waals surface area contributed by atoms with Crippen LogP contribution < -0.4 is 4.74 Å². The lowest BCUT2D eigenvalue weighted by Gasteiger charge is -2.05. The molecule has 0 bridgehead atoms. The van der Waals surface area contributed by atoms with Crippen LogP contribution in [0.5, 0.6) is 5.75 Å². The summed E-state index contributed by atoms with van der Waals surface area (Å²) in [5, 5.41) is 17.5. The normalized spacial score (nSPS) is 9.86. The van der Waals surface area contributed by atoms with Gasteiger partial charge >= 0.3 is 5.97 Å². The van der Waals surface area contributed by atoms with Crippen LogP contribution in [0.4, 0.5) is 0 Å². The summed E-state index contributed by atoms with van der Waals surface area (Å²) < 4.78 is 4.97. The van der Waals surface area contributed by atoms with Gasteiger partial charge in [0.15, 0.2) is 0 Å². The number of carbonyl (C=O) groups is 1. The summed E-state index contributed by atoms with van der Waals surface area (Å²) in [5.41, 5.74) is 1.28. The number of ether oxygens (including phenoxy) is 1. The molecule has 1 aromatic carbocycles. The lowest BCUT2D eigenvalue weighted by molar-refractivity contribution is -0.136. The molecular formula is C10H12O4. The van der Waals surface area contributed by atoms with E-state index in [-0.39, 0.29) is 13.0 Å². The van der Waals surface area contributed by atoms with Gasteiger partial charge in [-0.15, -0.1) is 0 Å². The number of methoxy groups -OCH3 is 1. The van der Waals surface area contributed by atoms with Crippen molar-refractivity contribution in [3.63, 3.8) is 0 Å². The highest BCUT2D eigenvalue weighted by atomic mass is 16.5. The van der Waals surface area contributed by atoms with Crippen molar-refractivity contribution in [3.8, 4) is 5.75 Å². The van der Waals surface area contributed by atoms with Crippen LogP contribution in [0, 0.1) is 0 Å². The second-order valence-corrected chi connectivity index (χ2v) is 2.92. The molecular weight excluding hydrogens is 184 g/mol. The minimum Gasteiger partial charge on any atom is -0.497 e. The van der Waals surface area contributed by atoms with Gasteiger partial charge in [0.2, 0.25) is 0 Å². The molecule has 0 aromatic heterocycles. The third-order valence-electron chi connectivity index (χ3n) is 1.80. The molecule has 4 nitrogen and oxygen atoms in total. The molecule has 0 saturated carbocycles. The number of hydrogen-bond donors (Lipinski definition) is 2. The maximum absolute atomic E-state index is 10.5. The molecule has 0 heterocycles. The maximum Gasteiger partial charge on any atom is 0.307 e. The fourth-order valence-electron chi connectivity index (χ4n) is 1.21. The summed E-state index contributed by atoms with van der Waals surface area (Å²) in [5.74, 6) is -0.338. The Labute approximate surface area is 81.8 Å². The Hall–Kier alpha value is -1.55. The minimum atomic E-state index is -0.901. The van der Waals surface area contributed by atoms with Crippen molar-refractivity contribution in [1.29, 1.82) is 0 Å². The van der Waals surface area contributed by atoms with Gasteiger partial charge in [-0.3, -0.25) is 4.79 Å². The molecule has 0 radical (unpaired) electrons. The molecule has 0 aliphatic rings. The molecule has 1 rings (SSSR count). The van der Waals surface area contributed by atoms with E-state index in [2.05, 4.69) is 0 Å². The van der Waals surface area contributed by atoms with Crippen LogP contribution in [0.15, 0.2) is 18.2 Å². The first-order valence-corrected chi connectivity index (χ1v) is 4.15. The zero-order valence-corrected chi connectivity index (χ0v) is 7.86. The molecule has 0 saturated heterocycles. The Morgan fingerprint density at radius 1 is 1.36 bits per heavy atom. The molecule has 0 unspecified atom stereocenters. The number of hydrogen-bond acceptors (Lipinski definition) is 3. The van der Waals surface area contributed by atoms with Gasteiger partial charge < -0.3 is 14.9 Å². The average molecular weight is 196 g/mol. The molecule has 1 aromatic rings. The van der Waals surface area contributed by atoms with Crippen molar-refractivity contribution in [2.45, 2.75) is 13.0 Å². The summed E-state index contributed by atoms with van der Waals surface area (Å²) in [7, 11) is 1.50. The lowest BCUT2D eigenvalue weighted by atomic mass is 10.1. The number of carboxylic acids is 1. The molecule has 0 amide bonds. The number of aliphatic hydroxyl groups excluding tert-OH is 1. The van der Waals surface area contributed by atoms with E-state index in [4.69, 9.17) is 14.9 Å². The van der Waals surface area contributed by atoms with Gasteiger partial charge in [0.1, 0.15) is 5.75 Å². The average Bonchev–Trinajstić information content (AvgIpc) is 2.16. The maximum atomic E-state index is 10.5. The van der Waals surface area contributed by atoms with E-state index in [1.165, 1.54) is 7.11 Å². The smallest absolute Gasteiger partial charge is 0.307 e. The Balaban J connectivity index is 2.98. The van der Waals surface area contributed by atoms with Gasteiger partial charge in [-0.1, -0.05) is 6.07 Å². The first kappa shape index (κ1) is 10.5. The Bertz CT molecular complexity index is 311. The van der Waals surface area contributed by atoms with E-state index in [0.717, 1.165) is 0 Å². The Kier molecular flexibility index (Phi) is 3.48. The van der Waals surface area contributed by atoms with E-state index in [0.29, 0.717) is 16.9 Å². The number of aliphatic hydroxyl groups is 1. The number of aliphatic carboxylic acids is 1. The highest BCUT2D eigenvalue weighted by molar-refractivity contribution is 5.70. The van der Waals surface area contributed by atoms with Crippen LogP contribution in [0.2, 0.25) is 0 Å². The van der Waals surface area contributed by atoms with Gasteiger partial charge in [-0.05, 0) is 23.3 Å². The molecule has 0 fully saturated rings. The number of rotatable bonds is 4. The minimum absolute atomic E-state index is 0.0653. The van der Waals surface area contributed by atoms with Gasteiger partial charge in [0.25, 0.3) is 0 Å². The highest BCUT2D eigenvalue weighted by Gasteiger charge is 2.04. The van der Waals surface area contributed by atoms with Crippen molar-refractivity contribution in [1.82, 2.24) is 0 Å². The number of carboxylic acid groups (broad SMARTS) is 1. The molecule has 0 aliphatic carbocycles. The van der Waals surface area contributed by atoms with Crippen LogP contribution in [0.3, 0.4) is 0 Å². The van der Waals surface area contributed by atoms with E-state index in [1.807, 2.05) is 0 Å². The second-order valence-electron chi connectivity index (χ2n) is 2.92. The van der Waals surface area contributed by atoms with E-state index in [9.17, 15) is 4.79 Å². The molecule has 0 aliphatic heterocycles. The van der Waals surface area contributed by atoms with Crippen molar-refractivity contribution in [2.75, 3.05) is 7.11 Å². The summed E-state index contributed by atoms with van der Waals surface area (Å²) in [6.45, 7) is -0.121. The fraction of sp³-hybridized carbons (Fsp3) is 0.300. The topological polar surface area (TPSA) is 66.8 Å². The van der Waals surface area contributed by atoms with Crippen molar-refractivity contribution >= 4 is 5.97 Å². The van der Waals surface area contributed by atoms with Gasteiger partial charge in [-0.2, -0.15) is 0 Å². The quantitative estimate of drug-likeness (QED) is 0.748. The van der Waals surface area contributed by atoms with Crippen LogP contribution in [0.1, 0.15) is 11.1 Å². The van der Waals surface area contributed by atoms with Crippen molar-refractivity contribution in [3.05, 3.63) is 29.3 Å². The van der Waals surface area contributed by atoms with Crippen LogP contribution in [-0.4, -0.2) is 23.3 Å². The fourth-order valence-corrected chi connectivity index (χ4v) is 1.21. The predicted molar refractivity (Wildman–Crippen MR) is 50.3 cm³/mol. The van der Waals surface area contributed by atoms with Crippen LogP contribution >= 0.6 is 0 Å². The molecule has 2 N–H and O–H groups in total. The zero-order valence-electron chi connectivity index (χ0n) is 7.86. The zero-order chi connectivity index (χ0) is 10.6. The molecule has 4 heteroatoms. The van der Waals surface area contributed by atoms with Crippen LogP contribution in [0.25, 0.3) is 0 Å². The predicted octanol–water partition coefficient (Wildman–Crippen LogP) is 0.815. The summed E-state index contributed by atoms with van der Waals surface area (Å²) in [6.07, 6.45) is -0.0653. The third-order valence-corrected chi connectivity index (χ3v) is 1.80. The molecule has 14 heavy (non-hydrogen) atoms. The third kappa shape index (κ3) is 2.74. The Morgan fingerprint density at radius 3 is 2.50 bits per heavy atom. The first-order chi connectivity index (χ1) is 6.65. The van der Waals surface area contributed by atoms with Crippen molar-refractivity contribution in [2.24, 2.45) is 0 Å². The highest BCUT2D eigenvalue weighted by Crippen LogP contribution is 2.17. The first-order valence-electron chi connectivity index (χ1n) is 4.15. The molecule has 0 atom stereocenters. The second kappa shape index (κ2) is 4.62. The van der Waals surface area contributed by atoms with Crippen LogP contribution in [-0.2, 0) is 17.8 Å². The summed E-state index contributed by atoms with van der Waals surface area (Å²) >= 11 is 0. The van der Waals surface area contributed by atoms with Crippen molar-refractivity contribution < 1.29 is 19.7 Å². The monoisotopic (exact) mass is 196 g/mol. The summed E-state index contributed by atoms with van der Waals surface area (Å²) in [4.78, 5) is 10.5.